The van der Waals surface area contributed by atoms with Crippen molar-refractivity contribution in [2.75, 3.05) is 0 Å². The maximum atomic E-state index is 16.3. The van der Waals surface area contributed by atoms with Crippen LogP contribution in [0.2, 0.25) is 0 Å². The zero-order valence-corrected chi connectivity index (χ0v) is 29.8. The summed E-state index contributed by atoms with van der Waals surface area (Å²) in [4.78, 5) is 5.25. The molecule has 3 unspecified atom stereocenters. The molecule has 5 heteroatoms. The van der Waals surface area contributed by atoms with Gasteiger partial charge in [0.15, 0.2) is 7.14 Å². The highest BCUT2D eigenvalue weighted by Crippen LogP contribution is 2.61. The Morgan fingerprint density at radius 1 is 0.808 bits per heavy atom. The van der Waals surface area contributed by atoms with Gasteiger partial charge in [-0.1, -0.05) is 158 Å². The van der Waals surface area contributed by atoms with Crippen LogP contribution in [0.3, 0.4) is 0 Å². The highest BCUT2D eigenvalue weighted by Gasteiger charge is 2.41. The number of rotatable bonds is 6. The first-order valence-corrected chi connectivity index (χ1v) is 19.6. The molecule has 3 atom stereocenters. The molecule has 0 bridgehead atoms. The van der Waals surface area contributed by atoms with Gasteiger partial charge in [0, 0.05) is 44.4 Å². The molecule has 0 amide bonds. The Morgan fingerprint density at radius 3 is 2.25 bits per heavy atom. The van der Waals surface area contributed by atoms with Gasteiger partial charge in [0.2, 0.25) is 0 Å². The van der Waals surface area contributed by atoms with Gasteiger partial charge >= 0.3 is 0 Å². The third-order valence-corrected chi connectivity index (χ3v) is 13.7. The van der Waals surface area contributed by atoms with E-state index in [4.69, 9.17) is 10.7 Å². The molecule has 1 aromatic heterocycles. The van der Waals surface area contributed by atoms with E-state index in [9.17, 15) is 0 Å². The van der Waals surface area contributed by atoms with E-state index in [-0.39, 0.29) is 6.04 Å². The molecule has 9 rings (SSSR count). The molecular weight excluding hydrogens is 654 g/mol. The second-order valence-electron chi connectivity index (χ2n) is 13.6. The summed E-state index contributed by atoms with van der Waals surface area (Å²) in [5, 5.41) is 3.62. The molecule has 0 saturated carbocycles. The summed E-state index contributed by atoms with van der Waals surface area (Å²) in [5.74, 6) is 0.837. The van der Waals surface area contributed by atoms with Gasteiger partial charge in [-0.3, -0.25) is 9.56 Å². The minimum Gasteiger partial charge on any atom is -0.385 e. The topological polar surface area (TPSA) is 60.4 Å². The number of aromatic nitrogens is 1. The standard InChI is InChI=1S/C47H38N3OP/c1-32(33-16-4-2-5-17-33)49-41(35-19-6-3-7-20-35)31-45(48)50-42-25-13-10-22-38(42)46-39-23-11-14-26-43(39)52(51,44-27-15-12-24-40(44)47(46)50)37-29-28-34-18-8-9-21-36(34)30-37/h2-27,29-32,34H,28,48H2,1H3/b45-31+,49-41+. The Bertz CT molecular complexity index is 2600. The Balaban J connectivity index is 1.31. The van der Waals surface area contributed by atoms with E-state index >= 15 is 4.57 Å². The number of fused-ring (bicyclic) bond motifs is 8. The van der Waals surface area contributed by atoms with Crippen LogP contribution in [-0.4, -0.2) is 10.3 Å². The lowest BCUT2D eigenvalue weighted by atomic mass is 9.88. The number of allylic oxidation sites excluding steroid dienone is 9. The zero-order chi connectivity index (χ0) is 35.2. The van der Waals surface area contributed by atoms with Crippen LogP contribution in [0.1, 0.15) is 30.5 Å². The van der Waals surface area contributed by atoms with Crippen LogP contribution in [0.15, 0.2) is 192 Å². The number of para-hydroxylation sites is 1. The van der Waals surface area contributed by atoms with Crippen molar-refractivity contribution >= 4 is 40.2 Å². The minimum absolute atomic E-state index is 0.0931. The Labute approximate surface area is 304 Å². The molecule has 0 saturated heterocycles. The molecule has 6 aromatic rings. The van der Waals surface area contributed by atoms with Gasteiger partial charge in [0.05, 0.1) is 23.0 Å². The highest BCUT2D eigenvalue weighted by atomic mass is 31.2. The summed E-state index contributed by atoms with van der Waals surface area (Å²) < 4.78 is 18.5. The van der Waals surface area contributed by atoms with Crippen LogP contribution in [-0.2, 0) is 4.57 Å². The molecule has 252 valence electrons. The molecular formula is C47H38N3OP. The van der Waals surface area contributed by atoms with E-state index in [1.54, 1.807) is 0 Å². The van der Waals surface area contributed by atoms with Gasteiger partial charge in [-0.2, -0.15) is 0 Å². The van der Waals surface area contributed by atoms with E-state index < -0.39 is 7.14 Å². The quantitative estimate of drug-likeness (QED) is 0.140. The molecule has 0 radical (unpaired) electrons. The smallest absolute Gasteiger partial charge is 0.171 e. The summed E-state index contributed by atoms with van der Waals surface area (Å²) in [6, 6.07) is 45.4. The molecule has 4 nitrogen and oxygen atoms in total. The average molecular weight is 692 g/mol. The molecule has 2 N–H and O–H groups in total. The van der Waals surface area contributed by atoms with Gasteiger partial charge in [-0.15, -0.1) is 0 Å². The third-order valence-electron chi connectivity index (χ3n) is 10.5. The van der Waals surface area contributed by atoms with E-state index in [2.05, 4.69) is 127 Å². The predicted molar refractivity (Wildman–Crippen MR) is 219 cm³/mol. The maximum Gasteiger partial charge on any atom is 0.171 e. The fourth-order valence-corrected chi connectivity index (χ4v) is 11.2. The molecule has 0 fully saturated rings. The summed E-state index contributed by atoms with van der Waals surface area (Å²) in [6.45, 7) is 2.11. The van der Waals surface area contributed by atoms with Crippen LogP contribution in [0, 0.1) is 5.92 Å². The van der Waals surface area contributed by atoms with E-state index in [1.807, 2.05) is 60.7 Å². The van der Waals surface area contributed by atoms with Crippen molar-refractivity contribution in [1.82, 2.24) is 4.57 Å². The Morgan fingerprint density at radius 2 is 1.46 bits per heavy atom. The van der Waals surface area contributed by atoms with Crippen molar-refractivity contribution in [1.29, 1.82) is 0 Å². The van der Waals surface area contributed by atoms with Crippen LogP contribution < -0.4 is 16.3 Å². The van der Waals surface area contributed by atoms with Crippen molar-refractivity contribution in [2.45, 2.75) is 19.4 Å². The molecule has 0 spiro atoms. The van der Waals surface area contributed by atoms with Gasteiger partial charge < -0.3 is 10.3 Å². The maximum absolute atomic E-state index is 16.3. The number of nitrogens with zero attached hydrogens (tertiary/aromatic N) is 2. The zero-order valence-electron chi connectivity index (χ0n) is 28.9. The Hall–Kier alpha value is -5.96. The Kier molecular flexibility index (Phi) is 7.98. The summed E-state index contributed by atoms with van der Waals surface area (Å²) in [7, 11) is -3.35. The number of benzene rings is 5. The van der Waals surface area contributed by atoms with Gasteiger partial charge in [-0.25, -0.2) is 0 Å². The lowest BCUT2D eigenvalue weighted by Gasteiger charge is -2.28. The predicted octanol–water partition coefficient (Wildman–Crippen LogP) is 10.6. The molecule has 3 aliphatic rings. The summed E-state index contributed by atoms with van der Waals surface area (Å²) >= 11 is 0. The number of nitrogens with two attached hydrogens (primary N) is 1. The molecule has 2 heterocycles. The number of aliphatic imine (C=N–C) groups is 1. The average Bonchev–Trinajstić information content (AvgIpc) is 3.51. The third kappa shape index (κ3) is 5.22. The van der Waals surface area contributed by atoms with Crippen molar-refractivity contribution in [3.8, 4) is 22.4 Å². The van der Waals surface area contributed by atoms with E-state index in [0.717, 1.165) is 72.5 Å². The largest absolute Gasteiger partial charge is 0.385 e. The second-order valence-corrected chi connectivity index (χ2v) is 16.3. The molecule has 5 aromatic carbocycles. The SMILES string of the molecule is CC(/N=C(\C=C(/N)n1c2c(c3ccccc31)-c1ccccc1P(=O)(C1=CCC3C=CC=CC3=C1)c1ccccc1-2)c1ccccc1)c1ccccc1. The van der Waals surface area contributed by atoms with Crippen LogP contribution >= 0.6 is 7.14 Å². The minimum atomic E-state index is -3.35. The number of hydrogen-bond donors (Lipinski definition) is 1. The van der Waals surface area contributed by atoms with Crippen molar-refractivity contribution in [3.63, 3.8) is 0 Å². The van der Waals surface area contributed by atoms with Gasteiger partial charge in [0.1, 0.15) is 5.82 Å². The fourth-order valence-electron chi connectivity index (χ4n) is 8.04. The van der Waals surface area contributed by atoms with Crippen LogP contribution in [0.5, 0.6) is 0 Å². The lowest BCUT2D eigenvalue weighted by Crippen LogP contribution is -2.21. The van der Waals surface area contributed by atoms with Crippen LogP contribution in [0.25, 0.3) is 39.1 Å². The first kappa shape index (κ1) is 32.0. The van der Waals surface area contributed by atoms with Crippen molar-refractivity contribution in [2.24, 2.45) is 16.6 Å². The highest BCUT2D eigenvalue weighted by molar-refractivity contribution is 7.83. The first-order chi connectivity index (χ1) is 25.5. The first-order valence-electron chi connectivity index (χ1n) is 17.9. The summed E-state index contributed by atoms with van der Waals surface area (Å²) in [5.41, 5.74) is 16.3. The molecule has 1 aliphatic heterocycles. The normalized spacial score (nSPS) is 19.8. The summed E-state index contributed by atoms with van der Waals surface area (Å²) in [6.07, 6.45) is 15.8. The fraction of sp³-hybridized carbons (Fsp3) is 0.0851. The van der Waals surface area contributed by atoms with Crippen molar-refractivity contribution in [3.05, 3.63) is 198 Å². The van der Waals surface area contributed by atoms with E-state index in [0.29, 0.717) is 11.7 Å². The van der Waals surface area contributed by atoms with Crippen molar-refractivity contribution < 1.29 is 4.57 Å². The molecule has 2 aliphatic carbocycles. The lowest BCUT2D eigenvalue weighted by molar-refractivity contribution is 0.590. The van der Waals surface area contributed by atoms with Gasteiger partial charge in [0.25, 0.3) is 0 Å². The molecule has 52 heavy (non-hydrogen) atoms. The number of hydrogen-bond acceptors (Lipinski definition) is 3. The van der Waals surface area contributed by atoms with Gasteiger partial charge in [-0.05, 0) is 47.8 Å². The monoisotopic (exact) mass is 691 g/mol. The second kappa shape index (κ2) is 13.0. The van der Waals surface area contributed by atoms with Crippen LogP contribution in [0.4, 0.5) is 0 Å². The van der Waals surface area contributed by atoms with E-state index in [1.165, 1.54) is 5.57 Å².